The van der Waals surface area contributed by atoms with Gasteiger partial charge in [-0.1, -0.05) is 32.9 Å². The van der Waals surface area contributed by atoms with Gasteiger partial charge in [-0.05, 0) is 61.6 Å². The summed E-state index contributed by atoms with van der Waals surface area (Å²) in [6, 6.07) is 7.53. The number of benzene rings is 1. The third-order valence-corrected chi connectivity index (χ3v) is 6.01. The number of carboxylic acid groups (broad SMARTS) is 1. The van der Waals surface area contributed by atoms with Crippen molar-refractivity contribution in [2.45, 2.75) is 84.5 Å². The second-order valence-electron chi connectivity index (χ2n) is 9.53. The molecule has 1 unspecified atom stereocenters. The number of amides is 1. The van der Waals surface area contributed by atoms with Gasteiger partial charge in [0.25, 0.3) is 0 Å². The fourth-order valence-electron chi connectivity index (χ4n) is 4.16. The number of ether oxygens (including phenoxy) is 2. The molecule has 0 radical (unpaired) electrons. The lowest BCUT2D eigenvalue weighted by molar-refractivity contribution is -0.148. The van der Waals surface area contributed by atoms with Crippen LogP contribution in [0, 0.1) is 11.3 Å². The van der Waals surface area contributed by atoms with Gasteiger partial charge in [0.05, 0.1) is 6.42 Å². The van der Waals surface area contributed by atoms with Crippen LogP contribution in [0.4, 0.5) is 0 Å². The minimum Gasteiger partial charge on any atom is -0.490 e. The Kier molecular flexibility index (Phi) is 8.71. The highest BCUT2D eigenvalue weighted by molar-refractivity contribution is 5.76. The summed E-state index contributed by atoms with van der Waals surface area (Å²) in [5, 5.41) is 12.3. The average Bonchev–Trinajstić information content (AvgIpc) is 2.65. The molecule has 0 bridgehead atoms. The Hall–Kier alpha value is -2.08. The summed E-state index contributed by atoms with van der Waals surface area (Å²) in [5.41, 5.74) is 1.15. The molecule has 0 spiro atoms. The van der Waals surface area contributed by atoms with Gasteiger partial charge in [-0.2, -0.15) is 0 Å². The number of hydrogen-bond donors (Lipinski definition) is 2. The van der Waals surface area contributed by atoms with Crippen molar-refractivity contribution in [1.29, 1.82) is 0 Å². The van der Waals surface area contributed by atoms with Gasteiger partial charge in [0.15, 0.2) is 6.10 Å². The first kappa shape index (κ1) is 24.2. The summed E-state index contributed by atoms with van der Waals surface area (Å²) >= 11 is 0. The van der Waals surface area contributed by atoms with Gasteiger partial charge in [-0.3, -0.25) is 4.79 Å². The minimum atomic E-state index is -0.995. The van der Waals surface area contributed by atoms with E-state index in [2.05, 4.69) is 26.1 Å². The molecule has 1 aliphatic carbocycles. The maximum atomic E-state index is 12.4. The number of nitrogens with one attached hydrogen (secondary N) is 1. The third-order valence-electron chi connectivity index (χ3n) is 6.01. The van der Waals surface area contributed by atoms with Crippen LogP contribution in [0.3, 0.4) is 0 Å². The Bertz CT molecular complexity index is 704. The van der Waals surface area contributed by atoms with E-state index in [1.54, 1.807) is 6.07 Å². The molecule has 2 rings (SSSR count). The fourth-order valence-corrected chi connectivity index (χ4v) is 4.16. The van der Waals surface area contributed by atoms with Crippen molar-refractivity contribution in [3.63, 3.8) is 0 Å². The Labute approximate surface area is 180 Å². The zero-order chi connectivity index (χ0) is 22.3. The Morgan fingerprint density at radius 2 is 1.87 bits per heavy atom. The molecule has 30 heavy (non-hydrogen) atoms. The molecule has 1 amide bonds. The lowest BCUT2D eigenvalue weighted by Gasteiger charge is -2.37. The van der Waals surface area contributed by atoms with Gasteiger partial charge < -0.3 is 19.9 Å². The average molecular weight is 420 g/mol. The fraction of sp³-hybridized carbons (Fsp3) is 0.667. The van der Waals surface area contributed by atoms with Gasteiger partial charge in [0, 0.05) is 19.6 Å². The number of carboxylic acids is 1. The van der Waals surface area contributed by atoms with Crippen molar-refractivity contribution >= 4 is 11.9 Å². The Morgan fingerprint density at radius 3 is 2.43 bits per heavy atom. The predicted molar refractivity (Wildman–Crippen MR) is 117 cm³/mol. The molecule has 0 aliphatic heterocycles. The van der Waals surface area contributed by atoms with Crippen molar-refractivity contribution in [2.24, 2.45) is 11.3 Å². The maximum absolute atomic E-state index is 12.4. The summed E-state index contributed by atoms with van der Waals surface area (Å²) in [5.74, 6) is 0.367. The molecule has 0 aromatic heterocycles. The van der Waals surface area contributed by atoms with E-state index in [0.29, 0.717) is 17.6 Å². The number of rotatable bonds is 9. The van der Waals surface area contributed by atoms with Crippen LogP contribution in [0.5, 0.6) is 5.75 Å². The monoisotopic (exact) mass is 419 g/mol. The summed E-state index contributed by atoms with van der Waals surface area (Å²) < 4.78 is 10.9. The molecule has 0 heterocycles. The smallest absolute Gasteiger partial charge is 0.333 e. The molecule has 2 atom stereocenters. The van der Waals surface area contributed by atoms with Gasteiger partial charge in [-0.25, -0.2) is 4.79 Å². The Morgan fingerprint density at radius 1 is 1.20 bits per heavy atom. The largest absolute Gasteiger partial charge is 0.490 e. The van der Waals surface area contributed by atoms with E-state index in [9.17, 15) is 9.59 Å². The lowest BCUT2D eigenvalue weighted by atomic mass is 9.71. The molecule has 0 saturated heterocycles. The van der Waals surface area contributed by atoms with E-state index in [1.165, 1.54) is 7.11 Å². The van der Waals surface area contributed by atoms with Gasteiger partial charge in [0.1, 0.15) is 11.9 Å². The van der Waals surface area contributed by atoms with Crippen molar-refractivity contribution in [2.75, 3.05) is 7.11 Å². The molecular formula is C24H37NO5. The van der Waals surface area contributed by atoms with E-state index in [0.717, 1.165) is 37.2 Å². The zero-order valence-electron chi connectivity index (χ0n) is 18.9. The van der Waals surface area contributed by atoms with Crippen LogP contribution in [0.25, 0.3) is 0 Å². The molecule has 6 heteroatoms. The maximum Gasteiger partial charge on any atom is 0.333 e. The van der Waals surface area contributed by atoms with E-state index in [-0.39, 0.29) is 24.5 Å². The van der Waals surface area contributed by atoms with Crippen LogP contribution in [0.2, 0.25) is 0 Å². The first-order valence-corrected chi connectivity index (χ1v) is 10.9. The third kappa shape index (κ3) is 7.63. The lowest BCUT2D eigenvalue weighted by Crippen LogP contribution is -2.40. The van der Waals surface area contributed by atoms with Crippen molar-refractivity contribution in [1.82, 2.24) is 5.32 Å². The molecule has 1 saturated carbocycles. The second kappa shape index (κ2) is 10.8. The highest BCUT2D eigenvalue weighted by atomic mass is 16.5. The van der Waals surface area contributed by atoms with Gasteiger partial charge in [0.2, 0.25) is 5.91 Å². The van der Waals surface area contributed by atoms with Crippen LogP contribution < -0.4 is 10.1 Å². The van der Waals surface area contributed by atoms with Crippen LogP contribution in [0.15, 0.2) is 24.3 Å². The summed E-state index contributed by atoms with van der Waals surface area (Å²) in [6.07, 6.45) is 3.78. The SMILES string of the molecule is CO[C@@H](Cc1cccc(OC(C)CC(=O)NC2CCC(C(C)(C)C)CC2)c1)C(=O)O. The summed E-state index contributed by atoms with van der Waals surface area (Å²) in [6.45, 7) is 8.75. The van der Waals surface area contributed by atoms with Crippen LogP contribution in [0.1, 0.15) is 65.4 Å². The van der Waals surface area contributed by atoms with Crippen LogP contribution >= 0.6 is 0 Å². The quantitative estimate of drug-likeness (QED) is 0.626. The van der Waals surface area contributed by atoms with Crippen LogP contribution in [-0.2, 0) is 20.7 Å². The van der Waals surface area contributed by atoms with Gasteiger partial charge >= 0.3 is 5.97 Å². The van der Waals surface area contributed by atoms with E-state index in [4.69, 9.17) is 14.6 Å². The normalized spacial score (nSPS) is 21.5. The molecule has 1 aliphatic rings. The van der Waals surface area contributed by atoms with Gasteiger partial charge in [-0.15, -0.1) is 0 Å². The molecular weight excluding hydrogens is 382 g/mol. The number of carbonyl (C=O) groups is 2. The molecule has 2 N–H and O–H groups in total. The summed E-state index contributed by atoms with van der Waals surface area (Å²) in [4.78, 5) is 23.6. The first-order chi connectivity index (χ1) is 14.1. The molecule has 1 aromatic rings. The standard InChI is InChI=1S/C24H37NO5/c1-16(13-22(26)25-19-11-9-18(10-12-19)24(2,3)4)30-20-8-6-7-17(14-20)15-21(29-5)23(27)28/h6-8,14,16,18-19,21H,9-13,15H2,1-5H3,(H,25,26)(H,27,28)/t16?,18?,19?,21-/m0/s1. The first-order valence-electron chi connectivity index (χ1n) is 10.9. The van der Waals surface area contributed by atoms with E-state index in [1.807, 2.05) is 25.1 Å². The van der Waals surface area contributed by atoms with Crippen molar-refractivity contribution < 1.29 is 24.2 Å². The second-order valence-corrected chi connectivity index (χ2v) is 9.53. The predicted octanol–water partition coefficient (Wildman–Crippen LogP) is 4.21. The van der Waals surface area contributed by atoms with Crippen LogP contribution in [-0.4, -0.2) is 42.3 Å². The number of methoxy groups -OCH3 is 1. The summed E-state index contributed by atoms with van der Waals surface area (Å²) in [7, 11) is 1.38. The molecule has 1 fully saturated rings. The zero-order valence-corrected chi connectivity index (χ0v) is 18.9. The van der Waals surface area contributed by atoms with E-state index < -0.39 is 12.1 Å². The minimum absolute atomic E-state index is 0.0168. The topological polar surface area (TPSA) is 84.9 Å². The molecule has 6 nitrogen and oxygen atoms in total. The van der Waals surface area contributed by atoms with E-state index >= 15 is 0 Å². The number of carbonyl (C=O) groups excluding carboxylic acids is 1. The highest BCUT2D eigenvalue weighted by Crippen LogP contribution is 2.37. The molecule has 168 valence electrons. The van der Waals surface area contributed by atoms with Crippen molar-refractivity contribution in [3.05, 3.63) is 29.8 Å². The number of aliphatic carboxylic acids is 1. The highest BCUT2D eigenvalue weighted by Gasteiger charge is 2.30. The number of hydrogen-bond acceptors (Lipinski definition) is 4. The molecule has 1 aromatic carbocycles. The van der Waals surface area contributed by atoms with Crippen molar-refractivity contribution in [3.8, 4) is 5.75 Å². The Balaban J connectivity index is 1.80.